The molecule has 68 valence electrons. The molecule has 3 nitrogen and oxygen atoms in total. The Hall–Kier alpha value is -0.570. The molecule has 2 rings (SSSR count). The SMILES string of the molecule is NC(=O)C1CCC2(CC2)C(N)C1. The minimum Gasteiger partial charge on any atom is -0.369 e. The van der Waals surface area contributed by atoms with Crippen molar-refractivity contribution in [3.8, 4) is 0 Å². The Balaban J connectivity index is 1.99. The van der Waals surface area contributed by atoms with Gasteiger partial charge in [-0.3, -0.25) is 4.79 Å². The van der Waals surface area contributed by atoms with Gasteiger partial charge in [0.05, 0.1) is 0 Å². The van der Waals surface area contributed by atoms with Crippen LogP contribution in [0.15, 0.2) is 0 Å². The van der Waals surface area contributed by atoms with E-state index in [9.17, 15) is 4.79 Å². The second-order valence-corrected chi connectivity index (χ2v) is 4.34. The van der Waals surface area contributed by atoms with Gasteiger partial charge in [-0.25, -0.2) is 0 Å². The van der Waals surface area contributed by atoms with Gasteiger partial charge in [-0.2, -0.15) is 0 Å². The first kappa shape index (κ1) is 8.05. The predicted molar refractivity (Wildman–Crippen MR) is 46.2 cm³/mol. The molecule has 2 saturated carbocycles. The van der Waals surface area contributed by atoms with Gasteiger partial charge >= 0.3 is 0 Å². The Kier molecular flexibility index (Phi) is 1.65. The van der Waals surface area contributed by atoms with Gasteiger partial charge in [0.25, 0.3) is 0 Å². The van der Waals surface area contributed by atoms with Crippen molar-refractivity contribution < 1.29 is 4.79 Å². The van der Waals surface area contributed by atoms with Gasteiger partial charge in [-0.1, -0.05) is 0 Å². The fourth-order valence-electron chi connectivity index (χ4n) is 2.36. The smallest absolute Gasteiger partial charge is 0.220 e. The van der Waals surface area contributed by atoms with E-state index in [2.05, 4.69) is 0 Å². The summed E-state index contributed by atoms with van der Waals surface area (Å²) in [5.41, 5.74) is 11.7. The lowest BCUT2D eigenvalue weighted by Gasteiger charge is -2.32. The van der Waals surface area contributed by atoms with E-state index < -0.39 is 0 Å². The van der Waals surface area contributed by atoms with Crippen molar-refractivity contribution in [2.45, 2.75) is 38.1 Å². The molecule has 2 aliphatic carbocycles. The lowest BCUT2D eigenvalue weighted by atomic mass is 9.76. The Morgan fingerprint density at radius 3 is 2.42 bits per heavy atom. The van der Waals surface area contributed by atoms with Crippen LogP contribution in [0.2, 0.25) is 0 Å². The van der Waals surface area contributed by atoms with E-state index in [0.29, 0.717) is 5.41 Å². The van der Waals surface area contributed by atoms with Crippen LogP contribution in [-0.2, 0) is 4.79 Å². The van der Waals surface area contributed by atoms with E-state index in [0.717, 1.165) is 19.3 Å². The summed E-state index contributed by atoms with van der Waals surface area (Å²) in [6, 6.07) is 0.226. The molecule has 12 heavy (non-hydrogen) atoms. The Labute approximate surface area is 72.5 Å². The number of carbonyl (C=O) groups is 1. The van der Waals surface area contributed by atoms with Crippen molar-refractivity contribution in [3.05, 3.63) is 0 Å². The molecule has 0 aromatic carbocycles. The van der Waals surface area contributed by atoms with Gasteiger partial charge in [0, 0.05) is 12.0 Å². The predicted octanol–water partition coefficient (Wildman–Crippen LogP) is 0.379. The van der Waals surface area contributed by atoms with Gasteiger partial charge in [-0.15, -0.1) is 0 Å². The second-order valence-electron chi connectivity index (χ2n) is 4.34. The Morgan fingerprint density at radius 1 is 1.33 bits per heavy atom. The normalized spacial score (nSPS) is 38.1. The molecule has 2 unspecified atom stereocenters. The third kappa shape index (κ3) is 1.12. The number of hydrogen-bond acceptors (Lipinski definition) is 2. The Bertz CT molecular complexity index is 211. The van der Waals surface area contributed by atoms with Crippen LogP contribution in [0.5, 0.6) is 0 Å². The highest BCUT2D eigenvalue weighted by Crippen LogP contribution is 2.56. The summed E-state index contributed by atoms with van der Waals surface area (Å²) in [6.45, 7) is 0. The fraction of sp³-hybridized carbons (Fsp3) is 0.889. The number of primary amides is 1. The Morgan fingerprint density at radius 2 is 2.00 bits per heavy atom. The summed E-state index contributed by atoms with van der Waals surface area (Å²) in [4.78, 5) is 10.9. The molecule has 3 heteroatoms. The summed E-state index contributed by atoms with van der Waals surface area (Å²) in [7, 11) is 0. The highest BCUT2D eigenvalue weighted by Gasteiger charge is 2.51. The number of amides is 1. The van der Waals surface area contributed by atoms with Crippen LogP contribution in [0.1, 0.15) is 32.1 Å². The first-order valence-electron chi connectivity index (χ1n) is 4.69. The fourth-order valence-corrected chi connectivity index (χ4v) is 2.36. The molecule has 0 saturated heterocycles. The third-order valence-electron chi connectivity index (χ3n) is 3.61. The summed E-state index contributed by atoms with van der Waals surface area (Å²) in [6.07, 6.45) is 5.42. The molecule has 0 bridgehead atoms. The minimum absolute atomic E-state index is 0.0474. The van der Waals surface area contributed by atoms with Crippen molar-refractivity contribution in [2.24, 2.45) is 22.8 Å². The zero-order chi connectivity index (χ0) is 8.77. The molecule has 1 amide bonds. The minimum atomic E-state index is -0.166. The summed E-state index contributed by atoms with van der Waals surface area (Å²) in [5.74, 6) is -0.118. The molecule has 2 aliphatic rings. The molecule has 0 aliphatic heterocycles. The molecule has 2 fully saturated rings. The largest absolute Gasteiger partial charge is 0.369 e. The summed E-state index contributed by atoms with van der Waals surface area (Å²) >= 11 is 0. The van der Waals surface area contributed by atoms with E-state index in [4.69, 9.17) is 11.5 Å². The van der Waals surface area contributed by atoms with Gasteiger partial charge in [0.15, 0.2) is 0 Å². The van der Waals surface area contributed by atoms with E-state index in [1.54, 1.807) is 0 Å². The number of rotatable bonds is 1. The maximum atomic E-state index is 10.9. The van der Waals surface area contributed by atoms with Gasteiger partial charge in [-0.05, 0) is 37.5 Å². The van der Waals surface area contributed by atoms with Crippen molar-refractivity contribution in [2.75, 3.05) is 0 Å². The first-order chi connectivity index (χ1) is 5.64. The topological polar surface area (TPSA) is 69.1 Å². The quantitative estimate of drug-likeness (QED) is 0.594. The first-order valence-corrected chi connectivity index (χ1v) is 4.69. The average Bonchev–Trinajstić information content (AvgIpc) is 2.76. The van der Waals surface area contributed by atoms with Crippen LogP contribution in [-0.4, -0.2) is 11.9 Å². The summed E-state index contributed by atoms with van der Waals surface area (Å²) in [5, 5.41) is 0. The monoisotopic (exact) mass is 168 g/mol. The molecule has 4 N–H and O–H groups in total. The third-order valence-corrected chi connectivity index (χ3v) is 3.61. The van der Waals surface area contributed by atoms with E-state index in [-0.39, 0.29) is 17.9 Å². The molecular weight excluding hydrogens is 152 g/mol. The zero-order valence-corrected chi connectivity index (χ0v) is 7.25. The zero-order valence-electron chi connectivity index (χ0n) is 7.25. The van der Waals surface area contributed by atoms with Crippen LogP contribution in [0.4, 0.5) is 0 Å². The molecular formula is C9H16N2O. The van der Waals surface area contributed by atoms with Crippen molar-refractivity contribution in [1.82, 2.24) is 0 Å². The molecule has 2 atom stereocenters. The van der Waals surface area contributed by atoms with Crippen LogP contribution >= 0.6 is 0 Å². The number of carbonyl (C=O) groups excluding carboxylic acids is 1. The average molecular weight is 168 g/mol. The molecule has 0 aromatic rings. The highest BCUT2D eigenvalue weighted by molar-refractivity contribution is 5.76. The molecule has 0 aromatic heterocycles. The maximum absolute atomic E-state index is 10.9. The lowest BCUT2D eigenvalue weighted by molar-refractivity contribution is -0.123. The molecule has 0 radical (unpaired) electrons. The van der Waals surface area contributed by atoms with E-state index in [1.165, 1.54) is 12.8 Å². The highest BCUT2D eigenvalue weighted by atomic mass is 16.1. The number of hydrogen-bond donors (Lipinski definition) is 2. The van der Waals surface area contributed by atoms with Crippen molar-refractivity contribution in [1.29, 1.82) is 0 Å². The maximum Gasteiger partial charge on any atom is 0.220 e. The van der Waals surface area contributed by atoms with Gasteiger partial charge < -0.3 is 11.5 Å². The van der Waals surface area contributed by atoms with Crippen LogP contribution in [0.25, 0.3) is 0 Å². The van der Waals surface area contributed by atoms with Gasteiger partial charge in [0.2, 0.25) is 5.91 Å². The van der Waals surface area contributed by atoms with Crippen LogP contribution in [0.3, 0.4) is 0 Å². The van der Waals surface area contributed by atoms with Gasteiger partial charge in [0.1, 0.15) is 0 Å². The van der Waals surface area contributed by atoms with Crippen molar-refractivity contribution in [3.63, 3.8) is 0 Å². The number of nitrogens with two attached hydrogens (primary N) is 2. The van der Waals surface area contributed by atoms with E-state index in [1.807, 2.05) is 0 Å². The molecule has 0 heterocycles. The van der Waals surface area contributed by atoms with E-state index >= 15 is 0 Å². The summed E-state index contributed by atoms with van der Waals surface area (Å²) < 4.78 is 0. The lowest BCUT2D eigenvalue weighted by Crippen LogP contribution is -2.41. The van der Waals surface area contributed by atoms with Crippen LogP contribution in [0, 0.1) is 11.3 Å². The second kappa shape index (κ2) is 2.46. The van der Waals surface area contributed by atoms with Crippen LogP contribution < -0.4 is 11.5 Å². The molecule has 1 spiro atoms. The van der Waals surface area contributed by atoms with Crippen molar-refractivity contribution >= 4 is 5.91 Å². The standard InChI is InChI=1S/C9H16N2O/c10-7-5-6(8(11)12)1-2-9(7)3-4-9/h6-7H,1-5,10H2,(H2,11,12).